The maximum Gasteiger partial charge on any atom is 0.239 e. The molecule has 2 aliphatic heterocycles. The molecule has 37 heteroatoms. The van der Waals surface area contributed by atoms with Gasteiger partial charge in [0.2, 0.25) is 34.4 Å². The molecule has 0 amide bonds. The predicted octanol–water partition coefficient (Wildman–Crippen LogP) is 7.96. The molecule has 25 N–H and O–H groups in total. The van der Waals surface area contributed by atoms with Gasteiger partial charge in [0.25, 0.3) is 0 Å². The normalized spacial score (nSPS) is 20.1. The lowest BCUT2D eigenvalue weighted by Gasteiger charge is -2.42. The Morgan fingerprint density at radius 2 is 0.880 bits per heavy atom. The summed E-state index contributed by atoms with van der Waals surface area (Å²) in [6.07, 6.45) is -15.3. The van der Waals surface area contributed by atoms with E-state index in [-0.39, 0.29) is 131 Å². The van der Waals surface area contributed by atoms with Gasteiger partial charge >= 0.3 is 0 Å². The van der Waals surface area contributed by atoms with Crippen molar-refractivity contribution in [2.75, 3.05) is 6.61 Å². The lowest BCUT2D eigenvalue weighted by atomic mass is 9.82. The van der Waals surface area contributed by atoms with E-state index < -0.39 is 165 Å². The van der Waals surface area contributed by atoms with Gasteiger partial charge in [-0.25, -0.2) is 0 Å². The highest BCUT2D eigenvalue weighted by atomic mass is 16.7. The van der Waals surface area contributed by atoms with Gasteiger partial charge in [-0.05, 0) is 60.4 Å². The Hall–Kier alpha value is -15.3. The molecule has 14 aromatic rings. The maximum atomic E-state index is 13.6. The minimum atomic E-state index is -1.94. The third-order valence-electron chi connectivity index (χ3n) is 20.3. The topological polar surface area (TPSA) is 664 Å². The van der Waals surface area contributed by atoms with Crippen LogP contribution in [0.1, 0.15) is 30.6 Å². The van der Waals surface area contributed by atoms with E-state index in [1.54, 1.807) is 31.2 Å². The number of benzene rings is 10. The molecule has 4 aromatic heterocycles. The number of phenolic OH excluding ortho intramolecular Hbond substituents is 17. The first-order valence-corrected chi connectivity index (χ1v) is 37.4. The number of phenols is 17. The van der Waals surface area contributed by atoms with Crippen LogP contribution in [0.25, 0.3) is 89.2 Å². The van der Waals surface area contributed by atoms with Crippen molar-refractivity contribution in [1.82, 2.24) is 0 Å². The van der Waals surface area contributed by atoms with E-state index in [9.17, 15) is 147 Å². The zero-order valence-corrected chi connectivity index (χ0v) is 64.4. The van der Waals surface area contributed by atoms with Gasteiger partial charge in [0, 0.05) is 101 Å². The number of ether oxygens (including phenoxy) is 4. The van der Waals surface area contributed by atoms with Crippen LogP contribution in [-0.4, -0.2) is 195 Å². The van der Waals surface area contributed by atoms with E-state index in [4.69, 9.17) is 36.6 Å². The largest absolute Gasteiger partial charge is 0.508 e. The molecular weight excluding hydrogens is 1650 g/mol. The molecule has 0 radical (unpaired) electrons. The molecular formula is C88H76O37. The number of hydrogen-bond acceptors (Lipinski definition) is 37. The standard InChI is InChI=1S/C28H32O15.C15H10O7.C15H14O6.C15H10O5.C15H10O4/c1-9-4-16(20(34)23(37)19(9)33)40-8-17-21(35)24(38)25(39)28(42-17)43-27-22(36)18-14(32)6-11(29)7-15(18)41-26(27)10-2-3-12(30)13(31)5-10;16-6-1-2-8(9(18)3-6)15-14(21)13(20)12-10(19)4-7(17)5-11(12)22-15;16-8-4-11(18)9-6-13(20)15(21-14(9)5-8)7-1-2-10(17)12(19)3-7;16-9-6-11(8-4-2-1-3-5-8)20-12-7-10(17)14(18)15(19)13(9)12;16-10-6-11(17)15-12(18)8-13(19-14(15)7-10)9-4-2-1-3-5-9/h2-3,5-7,9,16-17,19-21,23-25,28-35,37-39H,4,8H2,1H3;1-5,16-19,21H;1-5,13,15-20H,6H2;1-7,17-19H;1-8,16-17H/t9-,16-,17-,19+,20+,21-,23+,24+,25-,28+;;13-,15?;;/m1.0../s1. The van der Waals surface area contributed by atoms with Crippen molar-refractivity contribution in [3.05, 3.63) is 234 Å². The summed E-state index contributed by atoms with van der Waals surface area (Å²) < 4.78 is 44.8. The van der Waals surface area contributed by atoms with Crippen LogP contribution >= 0.6 is 0 Å². The van der Waals surface area contributed by atoms with Gasteiger partial charge in [0.15, 0.2) is 56.9 Å². The van der Waals surface area contributed by atoms with E-state index in [1.165, 1.54) is 66.7 Å². The van der Waals surface area contributed by atoms with Crippen molar-refractivity contribution >= 4 is 43.9 Å². The third kappa shape index (κ3) is 18.2. The van der Waals surface area contributed by atoms with E-state index in [0.717, 1.165) is 60.2 Å². The molecule has 12 atom stereocenters. The highest BCUT2D eigenvalue weighted by Crippen LogP contribution is 2.47. The molecule has 1 unspecified atom stereocenters. The van der Waals surface area contributed by atoms with Gasteiger partial charge in [0.05, 0.1) is 30.5 Å². The molecule has 1 saturated carbocycles. The van der Waals surface area contributed by atoms with Crippen LogP contribution in [0.15, 0.2) is 219 Å². The smallest absolute Gasteiger partial charge is 0.239 e. The second-order valence-electron chi connectivity index (χ2n) is 29.0. The van der Waals surface area contributed by atoms with Crippen LogP contribution in [0.4, 0.5) is 0 Å². The summed E-state index contributed by atoms with van der Waals surface area (Å²) >= 11 is 0. The number of fused-ring (bicyclic) bond motifs is 5. The minimum absolute atomic E-state index is 0.00385. The Bertz CT molecular complexity index is 6670. The second kappa shape index (κ2) is 35.8. The van der Waals surface area contributed by atoms with Gasteiger partial charge in [-0.3, -0.25) is 19.2 Å². The second-order valence-corrected chi connectivity index (χ2v) is 29.0. The fraction of sp³-hybridized carbons (Fsp3) is 0.182. The average Bonchev–Trinajstić information content (AvgIpc) is 0.762. The summed E-state index contributed by atoms with van der Waals surface area (Å²) in [5.74, 6) is -8.64. The quantitative estimate of drug-likeness (QED) is 0.0577. The SMILES string of the molecule is C[C@@H]1C[C@@H](OC[C@H]2O[C@@H](Oc3c(-c4ccc(O)c(O)c4)oc4cc(O)cc(O)c4c3=O)[C@H](O)[C@@H](O)[C@@H]2O)[C@H](O)[C@@H](O)[C@H]1O.O=c1c(O)c(-c2ccc(O)cc2O)oc2cc(O)cc(O)c12.O=c1cc(-c2ccccc2)oc2cc(O)c(O)c(O)c12.O=c1cc(-c2ccccc2)oc2cc(O)cc(O)c12.Oc1cc(O)c2c(c1)OC(c1ccc(O)c(O)c1)[C@@H](O)C2. The average molecular weight is 1730 g/mol. The Labute approximate surface area is 699 Å². The molecule has 1 saturated heterocycles. The summed E-state index contributed by atoms with van der Waals surface area (Å²) in [6.45, 7) is 1.17. The van der Waals surface area contributed by atoms with Gasteiger partial charge in [-0.2, -0.15) is 0 Å². The van der Waals surface area contributed by atoms with Crippen molar-refractivity contribution in [1.29, 1.82) is 0 Å². The van der Waals surface area contributed by atoms with E-state index in [1.807, 2.05) is 36.4 Å². The van der Waals surface area contributed by atoms with Crippen LogP contribution in [0.3, 0.4) is 0 Å². The number of aliphatic hydroxyl groups excluding tert-OH is 7. The Morgan fingerprint density at radius 3 is 1.46 bits per heavy atom. The highest BCUT2D eigenvalue weighted by Gasteiger charge is 2.48. The Balaban J connectivity index is 0.000000140. The van der Waals surface area contributed by atoms with Crippen molar-refractivity contribution < 1.29 is 164 Å². The van der Waals surface area contributed by atoms with Crippen molar-refractivity contribution in [2.24, 2.45) is 5.92 Å². The predicted molar refractivity (Wildman–Crippen MR) is 436 cm³/mol. The Morgan fingerprint density at radius 1 is 0.376 bits per heavy atom. The highest BCUT2D eigenvalue weighted by molar-refractivity contribution is 5.92. The molecule has 17 rings (SSSR count). The zero-order chi connectivity index (χ0) is 90.2. The first kappa shape index (κ1) is 87.5. The van der Waals surface area contributed by atoms with Crippen LogP contribution in [0.2, 0.25) is 0 Å². The van der Waals surface area contributed by atoms with Crippen molar-refractivity contribution in [3.8, 4) is 160 Å². The van der Waals surface area contributed by atoms with Crippen molar-refractivity contribution in [2.45, 2.75) is 87.1 Å². The number of rotatable bonds is 10. The Kier molecular flexibility index (Phi) is 25.0. The number of hydrogen-bond donors (Lipinski definition) is 25. The van der Waals surface area contributed by atoms with E-state index in [2.05, 4.69) is 0 Å². The molecule has 125 heavy (non-hydrogen) atoms. The third-order valence-corrected chi connectivity index (χ3v) is 20.3. The number of aliphatic hydroxyl groups is 7. The van der Waals surface area contributed by atoms with Crippen LogP contribution < -0.4 is 31.2 Å². The molecule has 0 bridgehead atoms. The van der Waals surface area contributed by atoms with E-state index in [0.29, 0.717) is 28.2 Å². The van der Waals surface area contributed by atoms with Crippen LogP contribution in [-0.2, 0) is 15.9 Å². The van der Waals surface area contributed by atoms with Crippen LogP contribution in [0, 0.1) is 5.92 Å². The maximum absolute atomic E-state index is 13.6. The van der Waals surface area contributed by atoms with Crippen LogP contribution in [0.5, 0.6) is 115 Å². The molecule has 0 spiro atoms. The van der Waals surface area contributed by atoms with Gasteiger partial charge in [0.1, 0.15) is 161 Å². The fourth-order valence-electron chi connectivity index (χ4n) is 13.9. The number of aromatic hydroxyl groups is 18. The molecule has 3 aliphatic rings. The monoisotopic (exact) mass is 1720 g/mol. The zero-order valence-electron chi connectivity index (χ0n) is 64.4. The molecule has 10 aromatic carbocycles. The molecule has 2 fully saturated rings. The minimum Gasteiger partial charge on any atom is -0.508 e. The van der Waals surface area contributed by atoms with E-state index >= 15 is 0 Å². The van der Waals surface area contributed by atoms with Gasteiger partial charge < -0.3 is 164 Å². The fourth-order valence-corrected chi connectivity index (χ4v) is 13.9. The van der Waals surface area contributed by atoms with Crippen molar-refractivity contribution in [3.63, 3.8) is 0 Å². The molecule has 650 valence electrons. The molecule has 1 aliphatic carbocycles. The van der Waals surface area contributed by atoms with Gasteiger partial charge in [-0.15, -0.1) is 0 Å². The molecule has 6 heterocycles. The summed E-state index contributed by atoms with van der Waals surface area (Å²) in [6, 6.07) is 41.7. The lowest BCUT2D eigenvalue weighted by molar-refractivity contribution is -0.285. The summed E-state index contributed by atoms with van der Waals surface area (Å²) in [5.41, 5.74) is -0.758. The first-order valence-electron chi connectivity index (χ1n) is 37.4. The summed E-state index contributed by atoms with van der Waals surface area (Å²) in [7, 11) is 0. The first-order chi connectivity index (χ1) is 59.3. The lowest BCUT2D eigenvalue weighted by Crippen LogP contribution is -2.61. The van der Waals surface area contributed by atoms with Gasteiger partial charge in [-0.1, -0.05) is 73.7 Å². The summed E-state index contributed by atoms with van der Waals surface area (Å²) in [4.78, 5) is 49.8. The molecule has 37 nitrogen and oxygen atoms in total. The summed E-state index contributed by atoms with van der Waals surface area (Å²) in [5, 5.41) is 246.